The third-order valence-electron chi connectivity index (χ3n) is 4.65. The highest BCUT2D eigenvalue weighted by Crippen LogP contribution is 2.28. The van der Waals surface area contributed by atoms with Crippen molar-refractivity contribution in [1.82, 2.24) is 15.5 Å². The molecule has 144 valence electrons. The number of nitrogens with one attached hydrogen (secondary N) is 1. The van der Waals surface area contributed by atoms with E-state index in [4.69, 9.17) is 0 Å². The molecule has 1 saturated heterocycles. The molecule has 1 N–H and O–H groups in total. The van der Waals surface area contributed by atoms with Crippen LogP contribution in [0.4, 0.5) is 10.8 Å². The molecule has 1 atom stereocenters. The lowest BCUT2D eigenvalue weighted by molar-refractivity contribution is -0.126. The lowest BCUT2D eigenvalue weighted by atomic mass is 10.1. The molecule has 1 unspecified atom stereocenters. The minimum atomic E-state index is -0.331. The van der Waals surface area contributed by atoms with Gasteiger partial charge in [0.05, 0.1) is 5.92 Å². The third-order valence-corrected chi connectivity index (χ3v) is 5.74. The summed E-state index contributed by atoms with van der Waals surface area (Å²) in [6, 6.07) is 8.28. The first-order chi connectivity index (χ1) is 13.0. The van der Waals surface area contributed by atoms with Gasteiger partial charge in [0, 0.05) is 39.3 Å². The Bertz CT molecular complexity index is 803. The van der Waals surface area contributed by atoms with Gasteiger partial charge >= 0.3 is 0 Å². The normalized spacial score (nSPS) is 16.6. The fraction of sp³-hybridized carbons (Fsp3) is 0.474. The number of anilines is 2. The minimum Gasteiger partial charge on any atom is -0.378 e. The lowest BCUT2D eigenvalue weighted by Gasteiger charge is -2.14. The van der Waals surface area contributed by atoms with E-state index < -0.39 is 0 Å². The molecule has 2 heterocycles. The topological polar surface area (TPSA) is 78.4 Å². The van der Waals surface area contributed by atoms with Crippen molar-refractivity contribution in [2.24, 2.45) is 5.92 Å². The SMILES string of the molecule is CCc1nnc(N2CC(C(=O)NCCc3ccc(N(C)C)cc3)CC2=O)s1. The first-order valence-corrected chi connectivity index (χ1v) is 9.96. The zero-order valence-electron chi connectivity index (χ0n) is 15.9. The van der Waals surface area contributed by atoms with Crippen LogP contribution in [0, 0.1) is 5.92 Å². The Kier molecular flexibility index (Phi) is 6.05. The molecule has 8 heteroatoms. The maximum Gasteiger partial charge on any atom is 0.229 e. The molecule has 1 aromatic heterocycles. The van der Waals surface area contributed by atoms with Crippen LogP contribution in [-0.2, 0) is 22.4 Å². The van der Waals surface area contributed by atoms with Gasteiger partial charge in [-0.15, -0.1) is 10.2 Å². The molecule has 1 aliphatic heterocycles. The Morgan fingerprint density at radius 3 is 2.67 bits per heavy atom. The second-order valence-corrected chi connectivity index (χ2v) is 7.88. The van der Waals surface area contributed by atoms with E-state index in [-0.39, 0.29) is 24.2 Å². The molecule has 3 rings (SSSR count). The van der Waals surface area contributed by atoms with Crippen molar-refractivity contribution < 1.29 is 9.59 Å². The van der Waals surface area contributed by atoms with Crippen LogP contribution < -0.4 is 15.1 Å². The summed E-state index contributed by atoms with van der Waals surface area (Å²) in [4.78, 5) is 28.3. The summed E-state index contributed by atoms with van der Waals surface area (Å²) in [7, 11) is 4.01. The highest BCUT2D eigenvalue weighted by Gasteiger charge is 2.36. The summed E-state index contributed by atoms with van der Waals surface area (Å²) >= 11 is 1.41. The van der Waals surface area contributed by atoms with Gasteiger partial charge in [0.25, 0.3) is 0 Å². The maximum absolute atomic E-state index is 12.4. The van der Waals surface area contributed by atoms with Gasteiger partial charge in [0.1, 0.15) is 5.01 Å². The van der Waals surface area contributed by atoms with E-state index in [1.165, 1.54) is 16.9 Å². The van der Waals surface area contributed by atoms with Crippen LogP contribution in [0.25, 0.3) is 0 Å². The summed E-state index contributed by atoms with van der Waals surface area (Å²) in [6.45, 7) is 2.94. The number of carbonyl (C=O) groups is 2. The van der Waals surface area contributed by atoms with Crippen LogP contribution >= 0.6 is 11.3 Å². The second-order valence-electron chi connectivity index (χ2n) is 6.84. The Labute approximate surface area is 163 Å². The van der Waals surface area contributed by atoms with Gasteiger partial charge < -0.3 is 10.2 Å². The average Bonchev–Trinajstić information content (AvgIpc) is 3.28. The fourth-order valence-corrected chi connectivity index (χ4v) is 3.80. The molecule has 0 saturated carbocycles. The second kappa shape index (κ2) is 8.47. The molecular weight excluding hydrogens is 362 g/mol. The number of rotatable bonds is 7. The molecule has 0 radical (unpaired) electrons. The highest BCUT2D eigenvalue weighted by atomic mass is 32.1. The molecule has 1 aliphatic rings. The average molecular weight is 388 g/mol. The van der Waals surface area contributed by atoms with Gasteiger partial charge in [-0.1, -0.05) is 30.4 Å². The largest absolute Gasteiger partial charge is 0.378 e. The molecule has 0 bridgehead atoms. The number of nitrogens with zero attached hydrogens (tertiary/aromatic N) is 4. The summed E-state index contributed by atoms with van der Waals surface area (Å²) in [5.74, 6) is -0.466. The quantitative estimate of drug-likeness (QED) is 0.785. The number of benzene rings is 1. The number of aromatic nitrogens is 2. The molecule has 0 aliphatic carbocycles. The van der Waals surface area contributed by atoms with Gasteiger partial charge in [-0.2, -0.15) is 0 Å². The lowest BCUT2D eigenvalue weighted by Crippen LogP contribution is -2.34. The van der Waals surface area contributed by atoms with Crippen LogP contribution in [0.3, 0.4) is 0 Å². The van der Waals surface area contributed by atoms with Crippen LogP contribution in [0.5, 0.6) is 0 Å². The van der Waals surface area contributed by atoms with Crippen molar-refractivity contribution in [3.8, 4) is 0 Å². The summed E-state index contributed by atoms with van der Waals surface area (Å²) < 4.78 is 0. The summed E-state index contributed by atoms with van der Waals surface area (Å²) in [5, 5.41) is 12.6. The van der Waals surface area contributed by atoms with Crippen molar-refractivity contribution in [3.63, 3.8) is 0 Å². The van der Waals surface area contributed by atoms with Gasteiger partial charge in [0.15, 0.2) is 0 Å². The van der Waals surface area contributed by atoms with Crippen LogP contribution in [0.2, 0.25) is 0 Å². The Morgan fingerprint density at radius 1 is 1.30 bits per heavy atom. The van der Waals surface area contributed by atoms with E-state index in [1.54, 1.807) is 4.90 Å². The first kappa shape index (κ1) is 19.3. The summed E-state index contributed by atoms with van der Waals surface area (Å²) in [6.07, 6.45) is 1.78. The molecule has 7 nitrogen and oxygen atoms in total. The smallest absolute Gasteiger partial charge is 0.229 e. The van der Waals surface area contributed by atoms with E-state index in [2.05, 4.69) is 44.7 Å². The Morgan fingerprint density at radius 2 is 2.04 bits per heavy atom. The third kappa shape index (κ3) is 4.63. The number of amides is 2. The van der Waals surface area contributed by atoms with Crippen LogP contribution in [-0.4, -0.2) is 49.2 Å². The Hall–Kier alpha value is -2.48. The molecule has 1 aromatic carbocycles. The van der Waals surface area contributed by atoms with Gasteiger partial charge in [-0.3, -0.25) is 14.5 Å². The number of carbonyl (C=O) groups excluding carboxylic acids is 2. The van der Waals surface area contributed by atoms with Gasteiger partial charge in [0.2, 0.25) is 16.9 Å². The zero-order chi connectivity index (χ0) is 19.4. The van der Waals surface area contributed by atoms with E-state index >= 15 is 0 Å². The van der Waals surface area contributed by atoms with Crippen molar-refractivity contribution in [2.75, 3.05) is 37.0 Å². The standard InChI is InChI=1S/C19H25N5O2S/c1-4-16-21-22-19(27-16)24-12-14(11-17(24)25)18(26)20-10-9-13-5-7-15(8-6-13)23(2)3/h5-8,14H,4,9-12H2,1-3H3,(H,20,26). The molecule has 1 fully saturated rings. The highest BCUT2D eigenvalue weighted by molar-refractivity contribution is 7.15. The van der Waals surface area contributed by atoms with Gasteiger partial charge in [-0.25, -0.2) is 0 Å². The van der Waals surface area contributed by atoms with E-state index in [0.29, 0.717) is 18.2 Å². The van der Waals surface area contributed by atoms with Crippen LogP contribution in [0.1, 0.15) is 23.9 Å². The Balaban J connectivity index is 1.49. The van der Waals surface area contributed by atoms with Crippen molar-refractivity contribution in [1.29, 1.82) is 0 Å². The molecule has 27 heavy (non-hydrogen) atoms. The predicted octanol–water partition coefficient (Wildman–Crippen LogP) is 1.88. The van der Waals surface area contributed by atoms with E-state index in [0.717, 1.165) is 23.5 Å². The minimum absolute atomic E-state index is 0.0618. The first-order valence-electron chi connectivity index (χ1n) is 9.14. The number of aryl methyl sites for hydroxylation is 1. The number of hydrogen-bond donors (Lipinski definition) is 1. The molecule has 2 amide bonds. The molecule has 0 spiro atoms. The van der Waals surface area contributed by atoms with Crippen molar-refractivity contribution in [3.05, 3.63) is 34.8 Å². The van der Waals surface area contributed by atoms with E-state index in [1.807, 2.05) is 21.0 Å². The maximum atomic E-state index is 12.4. The molecule has 2 aromatic rings. The summed E-state index contributed by atoms with van der Waals surface area (Å²) in [5.41, 5.74) is 2.32. The zero-order valence-corrected chi connectivity index (χ0v) is 16.8. The molecular formula is C19H25N5O2S. The van der Waals surface area contributed by atoms with Crippen molar-refractivity contribution in [2.45, 2.75) is 26.2 Å². The van der Waals surface area contributed by atoms with Gasteiger partial charge in [-0.05, 0) is 30.5 Å². The van der Waals surface area contributed by atoms with Crippen molar-refractivity contribution >= 4 is 34.0 Å². The monoisotopic (exact) mass is 387 g/mol. The van der Waals surface area contributed by atoms with E-state index in [9.17, 15) is 9.59 Å². The van der Waals surface area contributed by atoms with Crippen LogP contribution in [0.15, 0.2) is 24.3 Å². The number of hydrogen-bond acceptors (Lipinski definition) is 6. The predicted molar refractivity (Wildman–Crippen MR) is 107 cm³/mol. The fourth-order valence-electron chi connectivity index (χ4n) is 3.00.